The summed E-state index contributed by atoms with van der Waals surface area (Å²) in [6, 6.07) is 12.4. The fraction of sp³-hybridized carbons (Fsp3) is 0.125. The molecule has 0 aliphatic carbocycles. The molecule has 2 rings (SSSR count). The van der Waals surface area contributed by atoms with Crippen molar-refractivity contribution in [3.63, 3.8) is 0 Å². The Morgan fingerprint density at radius 2 is 2.04 bits per heavy atom. The molecule has 120 valence electrons. The first kappa shape index (κ1) is 17.6. The zero-order valence-corrected chi connectivity index (χ0v) is 15.2. The Bertz CT molecular complexity index is 705. The average molecular weight is 445 g/mol. The molecule has 0 heterocycles. The second-order valence-corrected chi connectivity index (χ2v) is 6.03. The molecule has 0 fully saturated rings. The smallest absolute Gasteiger partial charge is 0.277 e. The summed E-state index contributed by atoms with van der Waals surface area (Å²) in [6.07, 6.45) is 1.56. The zero-order valence-electron chi connectivity index (χ0n) is 12.3. The van der Waals surface area contributed by atoms with Gasteiger partial charge in [-0.25, -0.2) is 5.43 Å². The summed E-state index contributed by atoms with van der Waals surface area (Å²) in [5.74, 6) is 1.01. The van der Waals surface area contributed by atoms with Gasteiger partial charge in [0.25, 0.3) is 5.91 Å². The predicted octanol–water partition coefficient (Wildman–Crippen LogP) is 3.48. The highest BCUT2D eigenvalue weighted by atomic mass is 127. The fourth-order valence-electron chi connectivity index (χ4n) is 1.65. The number of halogens is 2. The summed E-state index contributed by atoms with van der Waals surface area (Å²) in [4.78, 5) is 11.6. The van der Waals surface area contributed by atoms with Crippen LogP contribution < -0.4 is 14.9 Å². The van der Waals surface area contributed by atoms with Gasteiger partial charge in [0.1, 0.15) is 11.5 Å². The molecule has 2 aromatic carbocycles. The maximum Gasteiger partial charge on any atom is 0.277 e. The van der Waals surface area contributed by atoms with Gasteiger partial charge >= 0.3 is 0 Å². The Morgan fingerprint density at radius 3 is 2.70 bits per heavy atom. The molecular weight excluding hydrogens is 431 g/mol. The van der Waals surface area contributed by atoms with Gasteiger partial charge in [0.2, 0.25) is 0 Å². The molecule has 0 aliphatic rings. The van der Waals surface area contributed by atoms with Gasteiger partial charge in [-0.1, -0.05) is 11.6 Å². The Labute approximate surface area is 152 Å². The van der Waals surface area contributed by atoms with Crippen molar-refractivity contribution < 1.29 is 14.3 Å². The van der Waals surface area contributed by atoms with Crippen molar-refractivity contribution in [3.05, 3.63) is 56.6 Å². The van der Waals surface area contributed by atoms with Crippen LogP contribution in [0.5, 0.6) is 11.5 Å². The molecule has 0 aromatic heterocycles. The summed E-state index contributed by atoms with van der Waals surface area (Å²) >= 11 is 7.94. The van der Waals surface area contributed by atoms with Crippen LogP contribution in [0.1, 0.15) is 5.56 Å². The van der Waals surface area contributed by atoms with E-state index in [1.54, 1.807) is 37.6 Å². The van der Waals surface area contributed by atoms with Crippen LogP contribution in [0.25, 0.3) is 0 Å². The number of benzene rings is 2. The molecule has 0 spiro atoms. The SMILES string of the molecule is COc1ccc(C=NNC(=O)COc2ccc(Cl)cc2)cc1I. The highest BCUT2D eigenvalue weighted by Crippen LogP contribution is 2.20. The third-order valence-electron chi connectivity index (χ3n) is 2.76. The van der Waals surface area contributed by atoms with Crippen molar-refractivity contribution in [1.82, 2.24) is 5.43 Å². The van der Waals surface area contributed by atoms with Crippen molar-refractivity contribution in [2.24, 2.45) is 5.10 Å². The van der Waals surface area contributed by atoms with Crippen molar-refractivity contribution in [3.8, 4) is 11.5 Å². The lowest BCUT2D eigenvalue weighted by Gasteiger charge is -2.05. The first-order chi connectivity index (χ1) is 11.1. The Balaban J connectivity index is 1.81. The Kier molecular flexibility index (Phi) is 6.66. The summed E-state index contributed by atoms with van der Waals surface area (Å²) in [5.41, 5.74) is 3.26. The van der Waals surface area contributed by atoms with Gasteiger partial charge in [-0.15, -0.1) is 0 Å². The second kappa shape index (κ2) is 8.73. The number of rotatable bonds is 6. The number of nitrogens with one attached hydrogen (secondary N) is 1. The topological polar surface area (TPSA) is 59.9 Å². The normalized spacial score (nSPS) is 10.6. The molecule has 7 heteroatoms. The monoisotopic (exact) mass is 444 g/mol. The maximum absolute atomic E-state index is 11.6. The summed E-state index contributed by atoms with van der Waals surface area (Å²) in [7, 11) is 1.62. The summed E-state index contributed by atoms with van der Waals surface area (Å²) in [6.45, 7) is -0.126. The number of hydrogen-bond acceptors (Lipinski definition) is 4. The lowest BCUT2D eigenvalue weighted by atomic mass is 10.2. The van der Waals surface area contributed by atoms with E-state index < -0.39 is 0 Å². The molecular formula is C16H14ClIN2O3. The van der Waals surface area contributed by atoms with Crippen LogP contribution in [0.2, 0.25) is 5.02 Å². The van der Waals surface area contributed by atoms with E-state index in [4.69, 9.17) is 21.1 Å². The quantitative estimate of drug-likeness (QED) is 0.422. The molecule has 0 saturated heterocycles. The zero-order chi connectivity index (χ0) is 16.7. The van der Waals surface area contributed by atoms with Crippen molar-refractivity contribution >= 4 is 46.3 Å². The highest BCUT2D eigenvalue weighted by Gasteiger charge is 2.02. The van der Waals surface area contributed by atoms with E-state index in [0.717, 1.165) is 14.9 Å². The first-order valence-corrected chi connectivity index (χ1v) is 8.08. The number of methoxy groups -OCH3 is 1. The molecule has 5 nitrogen and oxygen atoms in total. The van der Waals surface area contributed by atoms with E-state index in [1.165, 1.54) is 0 Å². The largest absolute Gasteiger partial charge is 0.496 e. The number of hydrogen-bond donors (Lipinski definition) is 1. The van der Waals surface area contributed by atoms with Gasteiger partial charge in [-0.3, -0.25) is 4.79 Å². The molecule has 0 atom stereocenters. The van der Waals surface area contributed by atoms with E-state index >= 15 is 0 Å². The van der Waals surface area contributed by atoms with Gasteiger partial charge in [0.05, 0.1) is 16.9 Å². The van der Waals surface area contributed by atoms with Crippen LogP contribution in [-0.4, -0.2) is 25.8 Å². The average Bonchev–Trinajstić information content (AvgIpc) is 2.54. The first-order valence-electron chi connectivity index (χ1n) is 6.62. The molecule has 2 aromatic rings. The second-order valence-electron chi connectivity index (χ2n) is 4.43. The van der Waals surface area contributed by atoms with Gasteiger partial charge in [-0.05, 0) is 70.6 Å². The van der Waals surface area contributed by atoms with Crippen LogP contribution in [0.15, 0.2) is 47.6 Å². The summed E-state index contributed by atoms with van der Waals surface area (Å²) < 4.78 is 11.5. The highest BCUT2D eigenvalue weighted by molar-refractivity contribution is 14.1. The van der Waals surface area contributed by atoms with Crippen LogP contribution in [0.3, 0.4) is 0 Å². The molecule has 0 saturated carbocycles. The Hall–Kier alpha value is -1.80. The molecule has 0 aliphatic heterocycles. The standard InChI is InChI=1S/C16H14ClIN2O3/c1-22-15-7-2-11(8-14(15)18)9-19-20-16(21)10-23-13-5-3-12(17)4-6-13/h2-9H,10H2,1H3,(H,20,21). The van der Waals surface area contributed by atoms with Crippen LogP contribution in [0, 0.1) is 3.57 Å². The van der Waals surface area contributed by atoms with Gasteiger partial charge < -0.3 is 9.47 Å². The number of ether oxygens (including phenoxy) is 2. The van der Waals surface area contributed by atoms with Gasteiger partial charge in [0.15, 0.2) is 6.61 Å². The fourth-order valence-corrected chi connectivity index (χ4v) is 2.54. The number of amides is 1. The van der Waals surface area contributed by atoms with E-state index in [9.17, 15) is 4.79 Å². The lowest BCUT2D eigenvalue weighted by Crippen LogP contribution is -2.24. The van der Waals surface area contributed by atoms with E-state index in [0.29, 0.717) is 10.8 Å². The third kappa shape index (κ3) is 5.72. The Morgan fingerprint density at radius 1 is 1.30 bits per heavy atom. The molecule has 23 heavy (non-hydrogen) atoms. The number of carbonyl (C=O) groups is 1. The van der Waals surface area contributed by atoms with Crippen LogP contribution >= 0.6 is 34.2 Å². The molecule has 1 N–H and O–H groups in total. The molecule has 0 bridgehead atoms. The number of hydrazone groups is 1. The predicted molar refractivity (Wildman–Crippen MR) is 98.4 cm³/mol. The minimum absolute atomic E-state index is 0.126. The van der Waals surface area contributed by atoms with Crippen LogP contribution in [0.4, 0.5) is 0 Å². The third-order valence-corrected chi connectivity index (χ3v) is 3.86. The maximum atomic E-state index is 11.6. The lowest BCUT2D eigenvalue weighted by molar-refractivity contribution is -0.123. The minimum Gasteiger partial charge on any atom is -0.496 e. The van der Waals surface area contributed by atoms with Crippen molar-refractivity contribution in [2.75, 3.05) is 13.7 Å². The summed E-state index contributed by atoms with van der Waals surface area (Å²) in [5, 5.41) is 4.51. The van der Waals surface area contributed by atoms with E-state index in [-0.39, 0.29) is 12.5 Å². The van der Waals surface area contributed by atoms with Crippen molar-refractivity contribution in [2.45, 2.75) is 0 Å². The van der Waals surface area contributed by atoms with Gasteiger partial charge in [-0.2, -0.15) is 5.10 Å². The van der Waals surface area contributed by atoms with Gasteiger partial charge in [0, 0.05) is 5.02 Å². The van der Waals surface area contributed by atoms with E-state index in [2.05, 4.69) is 33.1 Å². The molecule has 0 unspecified atom stereocenters. The van der Waals surface area contributed by atoms with Crippen LogP contribution in [-0.2, 0) is 4.79 Å². The van der Waals surface area contributed by atoms with Crippen molar-refractivity contribution in [1.29, 1.82) is 0 Å². The van der Waals surface area contributed by atoms with E-state index in [1.807, 2.05) is 18.2 Å². The molecule has 0 radical (unpaired) electrons. The number of carbonyl (C=O) groups excluding carboxylic acids is 1. The molecule has 1 amide bonds. The number of nitrogens with zero attached hydrogens (tertiary/aromatic N) is 1. The minimum atomic E-state index is -0.348.